The van der Waals surface area contributed by atoms with Crippen LogP contribution < -0.4 is 10.2 Å². The molecular weight excluding hydrogens is 372 g/mol. The van der Waals surface area contributed by atoms with Gasteiger partial charge in [0.2, 0.25) is 5.91 Å². The molecule has 4 aliphatic rings. The quantitative estimate of drug-likeness (QED) is 0.763. The molecular formula is C21H26N4O4. The van der Waals surface area contributed by atoms with E-state index in [1.54, 1.807) is 24.3 Å². The van der Waals surface area contributed by atoms with E-state index in [1.165, 1.54) is 4.90 Å². The molecule has 0 unspecified atom stereocenters. The average molecular weight is 398 g/mol. The second-order valence-electron chi connectivity index (χ2n) is 8.96. The standard InChI is InChI=1S/C21H26N4O4/c1-23(2)9-15-16-10-24(12-21(16)8-7-17(15)29-21)19(27)13-3-5-14(6-4-13)25-11-18(26)22-20(25)28/h3-6,15-17H,7-12H2,1-2H3,(H,22,26,28)/t15-,16+,17+,21+/m1/s1. The maximum absolute atomic E-state index is 13.1. The van der Waals surface area contributed by atoms with Crippen molar-refractivity contribution in [3.05, 3.63) is 29.8 Å². The molecule has 8 nitrogen and oxygen atoms in total. The molecule has 2 bridgehead atoms. The maximum atomic E-state index is 13.1. The summed E-state index contributed by atoms with van der Waals surface area (Å²) in [5.41, 5.74) is 1.03. The van der Waals surface area contributed by atoms with Crippen molar-refractivity contribution in [1.29, 1.82) is 0 Å². The summed E-state index contributed by atoms with van der Waals surface area (Å²) in [5, 5.41) is 2.26. The van der Waals surface area contributed by atoms with Gasteiger partial charge in [0.05, 0.1) is 18.2 Å². The van der Waals surface area contributed by atoms with Gasteiger partial charge in [-0.25, -0.2) is 4.79 Å². The molecule has 8 heteroatoms. The molecule has 4 atom stereocenters. The molecule has 0 aromatic heterocycles. The van der Waals surface area contributed by atoms with Gasteiger partial charge in [-0.15, -0.1) is 0 Å². The smallest absolute Gasteiger partial charge is 0.329 e. The number of hydrogen-bond acceptors (Lipinski definition) is 5. The minimum absolute atomic E-state index is 0.00192. The van der Waals surface area contributed by atoms with E-state index in [2.05, 4.69) is 24.3 Å². The number of carbonyl (C=O) groups excluding carboxylic acids is 3. The van der Waals surface area contributed by atoms with Gasteiger partial charge in [-0.1, -0.05) is 0 Å². The Morgan fingerprint density at radius 2 is 2.03 bits per heavy atom. The van der Waals surface area contributed by atoms with Gasteiger partial charge in [-0.2, -0.15) is 0 Å². The van der Waals surface area contributed by atoms with Crippen molar-refractivity contribution < 1.29 is 19.1 Å². The number of carbonyl (C=O) groups is 3. The Kier molecular flexibility index (Phi) is 4.18. The Morgan fingerprint density at radius 1 is 1.28 bits per heavy atom. The number of amides is 4. The van der Waals surface area contributed by atoms with E-state index < -0.39 is 6.03 Å². The SMILES string of the molecule is CN(C)C[C@H]1[C@@H]2CC[C@@]3(CN(C(=O)c4ccc(N5CC(=O)NC5=O)cc4)C[C@@H]13)O2. The van der Waals surface area contributed by atoms with Crippen molar-refractivity contribution in [3.8, 4) is 0 Å². The lowest BCUT2D eigenvalue weighted by molar-refractivity contribution is -0.117. The van der Waals surface area contributed by atoms with Crippen molar-refractivity contribution in [2.75, 3.05) is 45.2 Å². The molecule has 29 heavy (non-hydrogen) atoms. The second-order valence-corrected chi connectivity index (χ2v) is 8.96. The summed E-state index contributed by atoms with van der Waals surface area (Å²) in [6.07, 6.45) is 2.45. The van der Waals surface area contributed by atoms with Gasteiger partial charge in [-0.3, -0.25) is 19.8 Å². The highest BCUT2D eigenvalue weighted by atomic mass is 16.5. The van der Waals surface area contributed by atoms with E-state index in [4.69, 9.17) is 4.74 Å². The topological polar surface area (TPSA) is 82.2 Å². The van der Waals surface area contributed by atoms with Gasteiger partial charge in [0.15, 0.2) is 0 Å². The third-order valence-corrected chi connectivity index (χ3v) is 6.87. The summed E-state index contributed by atoms with van der Waals surface area (Å²) in [4.78, 5) is 41.8. The molecule has 4 heterocycles. The third-order valence-electron chi connectivity index (χ3n) is 6.87. The number of imide groups is 1. The number of nitrogens with one attached hydrogen (secondary N) is 1. The van der Waals surface area contributed by atoms with E-state index in [0.29, 0.717) is 35.7 Å². The molecule has 4 amide bonds. The fraction of sp³-hybridized carbons (Fsp3) is 0.571. The van der Waals surface area contributed by atoms with Gasteiger partial charge in [-0.05, 0) is 51.2 Å². The molecule has 0 radical (unpaired) electrons. The molecule has 5 rings (SSSR count). The minimum Gasteiger partial charge on any atom is -0.369 e. The number of nitrogens with zero attached hydrogens (tertiary/aromatic N) is 3. The average Bonchev–Trinajstić information content (AvgIpc) is 3.41. The Hall–Kier alpha value is -2.45. The molecule has 1 spiro atoms. The number of fused-ring (bicyclic) bond motifs is 1. The van der Waals surface area contributed by atoms with Gasteiger partial charge in [0.1, 0.15) is 6.54 Å². The number of urea groups is 1. The van der Waals surface area contributed by atoms with E-state index in [1.807, 2.05) is 4.90 Å². The summed E-state index contributed by atoms with van der Waals surface area (Å²) in [7, 11) is 4.18. The maximum Gasteiger partial charge on any atom is 0.329 e. The molecule has 154 valence electrons. The fourth-order valence-electron chi connectivity index (χ4n) is 5.63. The predicted octanol–water partition coefficient (Wildman–Crippen LogP) is 0.924. The van der Waals surface area contributed by atoms with E-state index in [-0.39, 0.29) is 24.0 Å². The van der Waals surface area contributed by atoms with Crippen LogP contribution in [-0.2, 0) is 9.53 Å². The van der Waals surface area contributed by atoms with Crippen molar-refractivity contribution in [1.82, 2.24) is 15.1 Å². The van der Waals surface area contributed by atoms with Crippen LogP contribution >= 0.6 is 0 Å². The van der Waals surface area contributed by atoms with Crippen LogP contribution in [0.4, 0.5) is 10.5 Å². The Labute approximate surface area is 169 Å². The predicted molar refractivity (Wildman–Crippen MR) is 106 cm³/mol. The van der Waals surface area contributed by atoms with Crippen LogP contribution in [0.3, 0.4) is 0 Å². The lowest BCUT2D eigenvalue weighted by atomic mass is 9.73. The van der Waals surface area contributed by atoms with Gasteiger partial charge in [0.25, 0.3) is 5.91 Å². The molecule has 1 N–H and O–H groups in total. The molecule has 4 saturated heterocycles. The first kappa shape index (κ1) is 18.6. The van der Waals surface area contributed by atoms with Crippen molar-refractivity contribution in [3.63, 3.8) is 0 Å². The third kappa shape index (κ3) is 2.93. The first-order valence-corrected chi connectivity index (χ1v) is 10.2. The summed E-state index contributed by atoms with van der Waals surface area (Å²) in [5.74, 6) is 0.550. The van der Waals surface area contributed by atoms with Crippen LogP contribution in [0.2, 0.25) is 0 Å². The van der Waals surface area contributed by atoms with Crippen LogP contribution in [0.25, 0.3) is 0 Å². The van der Waals surface area contributed by atoms with Crippen LogP contribution in [0.1, 0.15) is 23.2 Å². The molecule has 4 fully saturated rings. The van der Waals surface area contributed by atoms with E-state index in [0.717, 1.165) is 25.9 Å². The highest BCUT2D eigenvalue weighted by Crippen LogP contribution is 2.55. The Balaban J connectivity index is 1.31. The number of rotatable bonds is 4. The summed E-state index contributed by atoms with van der Waals surface area (Å²) >= 11 is 0. The van der Waals surface area contributed by atoms with Crippen molar-refractivity contribution in [2.24, 2.45) is 11.8 Å². The first-order chi connectivity index (χ1) is 13.9. The number of benzene rings is 1. The number of ether oxygens (including phenoxy) is 1. The lowest BCUT2D eigenvalue weighted by Gasteiger charge is -2.30. The molecule has 1 aromatic rings. The second kappa shape index (κ2) is 6.53. The van der Waals surface area contributed by atoms with Crippen LogP contribution in [-0.4, -0.2) is 79.6 Å². The van der Waals surface area contributed by atoms with Gasteiger partial charge < -0.3 is 14.5 Å². The van der Waals surface area contributed by atoms with Gasteiger partial charge in [0, 0.05) is 36.2 Å². The van der Waals surface area contributed by atoms with Gasteiger partial charge >= 0.3 is 6.03 Å². The zero-order chi connectivity index (χ0) is 20.3. The van der Waals surface area contributed by atoms with E-state index in [9.17, 15) is 14.4 Å². The van der Waals surface area contributed by atoms with Crippen LogP contribution in [0.5, 0.6) is 0 Å². The largest absolute Gasteiger partial charge is 0.369 e. The fourth-order valence-corrected chi connectivity index (χ4v) is 5.63. The van der Waals surface area contributed by atoms with Crippen LogP contribution in [0, 0.1) is 11.8 Å². The van der Waals surface area contributed by atoms with E-state index >= 15 is 0 Å². The zero-order valence-corrected chi connectivity index (χ0v) is 16.8. The Bertz CT molecular complexity index is 870. The highest BCUT2D eigenvalue weighted by molar-refractivity contribution is 6.12. The number of likely N-dealkylation sites (tertiary alicyclic amines) is 1. The molecule has 0 aliphatic carbocycles. The number of anilines is 1. The number of hydrogen-bond donors (Lipinski definition) is 1. The normalized spacial score (nSPS) is 33.0. The molecule has 0 saturated carbocycles. The Morgan fingerprint density at radius 3 is 2.69 bits per heavy atom. The van der Waals surface area contributed by atoms with Crippen molar-refractivity contribution in [2.45, 2.75) is 24.5 Å². The lowest BCUT2D eigenvalue weighted by Crippen LogP contribution is -2.40. The summed E-state index contributed by atoms with van der Waals surface area (Å²) < 4.78 is 6.42. The molecule has 1 aromatic carbocycles. The summed E-state index contributed by atoms with van der Waals surface area (Å²) in [6.45, 7) is 2.39. The first-order valence-electron chi connectivity index (χ1n) is 10.2. The van der Waals surface area contributed by atoms with Crippen molar-refractivity contribution >= 4 is 23.5 Å². The zero-order valence-electron chi connectivity index (χ0n) is 16.8. The monoisotopic (exact) mass is 398 g/mol. The summed E-state index contributed by atoms with van der Waals surface area (Å²) in [6, 6.07) is 6.47. The molecule has 4 aliphatic heterocycles. The minimum atomic E-state index is -0.430. The van der Waals surface area contributed by atoms with Crippen LogP contribution in [0.15, 0.2) is 24.3 Å². The highest BCUT2D eigenvalue weighted by Gasteiger charge is 2.63.